The van der Waals surface area contributed by atoms with Crippen LogP contribution in [0.4, 0.5) is 4.39 Å². The maximum atomic E-state index is 13.9. The second-order valence-electron chi connectivity index (χ2n) is 4.23. The van der Waals surface area contributed by atoms with Gasteiger partial charge in [-0.25, -0.2) is 10.2 Å². The fourth-order valence-electron chi connectivity index (χ4n) is 1.88. The molecule has 6 heteroatoms. The fraction of sp³-hybridized carbons (Fsp3) is 0.250. The minimum atomic E-state index is -0.382. The summed E-state index contributed by atoms with van der Waals surface area (Å²) in [6.07, 6.45) is 0. The molecule has 0 unspecified atom stereocenters. The zero-order valence-electron chi connectivity index (χ0n) is 10.2. The highest BCUT2D eigenvalue weighted by atomic mass is 32.1. The third kappa shape index (κ3) is 2.22. The van der Waals surface area contributed by atoms with Gasteiger partial charge in [-0.2, -0.15) is 0 Å². The van der Waals surface area contributed by atoms with Crippen LogP contribution in [-0.2, 0) is 6.54 Å². The van der Waals surface area contributed by atoms with Gasteiger partial charge in [0.2, 0.25) is 0 Å². The average molecular weight is 267 g/mol. The van der Waals surface area contributed by atoms with Crippen molar-refractivity contribution >= 4 is 27.3 Å². The first-order valence-corrected chi connectivity index (χ1v) is 6.21. The van der Waals surface area contributed by atoms with Crippen molar-refractivity contribution in [2.24, 2.45) is 5.84 Å². The highest BCUT2D eigenvalue weighted by molar-refractivity contribution is 7.21. The Morgan fingerprint density at radius 2 is 2.22 bits per heavy atom. The Labute approximate surface area is 108 Å². The molecule has 3 N–H and O–H groups in total. The molecule has 0 atom stereocenters. The number of carbonyl (C=O) groups is 1. The van der Waals surface area contributed by atoms with Crippen LogP contribution in [0.1, 0.15) is 15.2 Å². The summed E-state index contributed by atoms with van der Waals surface area (Å²) >= 11 is 1.25. The molecular formula is C12H14FN3OS. The van der Waals surface area contributed by atoms with Crippen molar-refractivity contribution in [1.82, 2.24) is 10.3 Å². The maximum absolute atomic E-state index is 13.9. The minimum Gasteiger partial charge on any atom is -0.305 e. The van der Waals surface area contributed by atoms with E-state index in [4.69, 9.17) is 5.84 Å². The monoisotopic (exact) mass is 267 g/mol. The molecule has 1 amide bonds. The van der Waals surface area contributed by atoms with Gasteiger partial charge in [0, 0.05) is 22.2 Å². The van der Waals surface area contributed by atoms with Gasteiger partial charge >= 0.3 is 0 Å². The molecule has 0 saturated carbocycles. The minimum absolute atomic E-state index is 0.309. The lowest BCUT2D eigenvalue weighted by Crippen LogP contribution is -2.30. The first-order chi connectivity index (χ1) is 8.54. The molecule has 0 aliphatic carbocycles. The first kappa shape index (κ1) is 12.9. The van der Waals surface area contributed by atoms with E-state index in [9.17, 15) is 9.18 Å². The molecule has 1 aromatic heterocycles. The van der Waals surface area contributed by atoms with Crippen LogP contribution in [0.15, 0.2) is 18.2 Å². The van der Waals surface area contributed by atoms with Gasteiger partial charge in [-0.15, -0.1) is 11.3 Å². The number of hydrogen-bond acceptors (Lipinski definition) is 4. The molecule has 1 aromatic carbocycles. The number of thiophene rings is 1. The van der Waals surface area contributed by atoms with Crippen molar-refractivity contribution in [1.29, 1.82) is 0 Å². The van der Waals surface area contributed by atoms with Gasteiger partial charge in [0.05, 0.1) is 4.88 Å². The lowest BCUT2D eigenvalue weighted by atomic mass is 10.1. The number of halogens is 1. The second kappa shape index (κ2) is 5.01. The van der Waals surface area contributed by atoms with Crippen molar-refractivity contribution in [3.8, 4) is 0 Å². The maximum Gasteiger partial charge on any atom is 0.275 e. The van der Waals surface area contributed by atoms with Crippen LogP contribution in [-0.4, -0.2) is 24.9 Å². The van der Waals surface area contributed by atoms with Gasteiger partial charge in [0.25, 0.3) is 5.91 Å². The van der Waals surface area contributed by atoms with E-state index in [1.165, 1.54) is 17.4 Å². The number of nitrogen functional groups attached to an aromatic ring is 1. The SMILES string of the molecule is CN(C)Cc1c(C(=O)NN)sc2cccc(F)c12. The van der Waals surface area contributed by atoms with Crippen molar-refractivity contribution in [3.63, 3.8) is 0 Å². The standard InChI is InChI=1S/C12H14FN3OS/c1-16(2)6-7-10-8(13)4-3-5-9(10)18-11(7)12(17)15-14/h3-5H,6,14H2,1-2H3,(H,15,17). The Bertz CT molecular complexity index is 594. The third-order valence-corrected chi connectivity index (χ3v) is 3.77. The number of nitrogens with one attached hydrogen (secondary N) is 1. The van der Waals surface area contributed by atoms with E-state index < -0.39 is 0 Å². The third-order valence-electron chi connectivity index (χ3n) is 2.57. The number of benzene rings is 1. The van der Waals surface area contributed by atoms with Crippen LogP contribution in [0.3, 0.4) is 0 Å². The largest absolute Gasteiger partial charge is 0.305 e. The molecule has 0 saturated heterocycles. The number of rotatable bonds is 3. The van der Waals surface area contributed by atoms with Crippen molar-refractivity contribution < 1.29 is 9.18 Å². The summed E-state index contributed by atoms with van der Waals surface area (Å²) in [6.45, 7) is 0.490. The van der Waals surface area contributed by atoms with Gasteiger partial charge in [-0.3, -0.25) is 10.2 Å². The molecule has 18 heavy (non-hydrogen) atoms. The van der Waals surface area contributed by atoms with Crippen LogP contribution >= 0.6 is 11.3 Å². The van der Waals surface area contributed by atoms with Gasteiger partial charge < -0.3 is 4.90 Å². The molecule has 0 radical (unpaired) electrons. The molecule has 2 aromatic rings. The van der Waals surface area contributed by atoms with Crippen molar-refractivity contribution in [2.75, 3.05) is 14.1 Å². The number of hydrogen-bond donors (Lipinski definition) is 2. The van der Waals surface area contributed by atoms with Crippen LogP contribution in [0.25, 0.3) is 10.1 Å². The Kier molecular flexibility index (Phi) is 3.60. The highest BCUT2D eigenvalue weighted by Gasteiger charge is 2.20. The predicted molar refractivity (Wildman–Crippen MR) is 70.8 cm³/mol. The quantitative estimate of drug-likeness (QED) is 0.505. The smallest absolute Gasteiger partial charge is 0.275 e. The molecular weight excluding hydrogens is 253 g/mol. The molecule has 0 spiro atoms. The summed E-state index contributed by atoms with van der Waals surface area (Å²) in [7, 11) is 3.74. The van der Waals surface area contributed by atoms with Gasteiger partial charge in [0.1, 0.15) is 5.82 Å². The number of fused-ring (bicyclic) bond motifs is 1. The fourth-order valence-corrected chi connectivity index (χ4v) is 3.01. The second-order valence-corrected chi connectivity index (χ2v) is 5.29. The molecule has 0 fully saturated rings. The number of nitrogens with zero attached hydrogens (tertiary/aromatic N) is 1. The number of nitrogens with two attached hydrogens (primary N) is 1. The Morgan fingerprint density at radius 1 is 1.50 bits per heavy atom. The topological polar surface area (TPSA) is 58.4 Å². The number of amides is 1. The lowest BCUT2D eigenvalue weighted by Gasteiger charge is -2.10. The summed E-state index contributed by atoms with van der Waals surface area (Å²) in [5, 5.41) is 0.509. The van der Waals surface area contributed by atoms with E-state index in [-0.39, 0.29) is 11.7 Å². The van der Waals surface area contributed by atoms with Gasteiger partial charge in [-0.1, -0.05) is 6.07 Å². The van der Waals surface area contributed by atoms with Gasteiger partial charge in [-0.05, 0) is 26.2 Å². The normalized spacial score (nSPS) is 11.2. The van der Waals surface area contributed by atoms with E-state index in [1.54, 1.807) is 12.1 Å². The molecule has 4 nitrogen and oxygen atoms in total. The summed E-state index contributed by atoms with van der Waals surface area (Å²) in [6, 6.07) is 4.84. The van der Waals surface area contributed by atoms with Gasteiger partial charge in [0.15, 0.2) is 0 Å². The van der Waals surface area contributed by atoms with E-state index in [2.05, 4.69) is 5.43 Å². The highest BCUT2D eigenvalue weighted by Crippen LogP contribution is 2.33. The van der Waals surface area contributed by atoms with Crippen molar-refractivity contribution in [2.45, 2.75) is 6.54 Å². The molecule has 96 valence electrons. The molecule has 0 aliphatic heterocycles. The molecule has 2 rings (SSSR count). The Balaban J connectivity index is 2.69. The molecule has 1 heterocycles. The summed E-state index contributed by atoms with van der Waals surface area (Å²) in [5.74, 6) is 4.47. The number of hydrazine groups is 1. The van der Waals surface area contributed by atoms with Crippen LogP contribution in [0.5, 0.6) is 0 Å². The molecule has 0 bridgehead atoms. The Morgan fingerprint density at radius 3 is 2.83 bits per heavy atom. The van der Waals surface area contributed by atoms with Crippen molar-refractivity contribution in [3.05, 3.63) is 34.5 Å². The zero-order valence-corrected chi connectivity index (χ0v) is 11.0. The Hall–Kier alpha value is -1.50. The molecule has 0 aliphatic rings. The van der Waals surface area contributed by atoms with Crippen LogP contribution in [0, 0.1) is 5.82 Å². The lowest BCUT2D eigenvalue weighted by molar-refractivity contribution is 0.0956. The van der Waals surface area contributed by atoms with E-state index >= 15 is 0 Å². The first-order valence-electron chi connectivity index (χ1n) is 5.40. The average Bonchev–Trinajstić information content (AvgIpc) is 2.68. The summed E-state index contributed by atoms with van der Waals surface area (Å²) in [5.41, 5.74) is 2.79. The van der Waals surface area contributed by atoms with Crippen LogP contribution in [0.2, 0.25) is 0 Å². The van der Waals surface area contributed by atoms with E-state index in [0.717, 1.165) is 4.70 Å². The number of carbonyl (C=O) groups excluding carboxylic acids is 1. The summed E-state index contributed by atoms with van der Waals surface area (Å²) < 4.78 is 14.7. The zero-order chi connectivity index (χ0) is 13.3. The predicted octanol–water partition coefficient (Wildman–Crippen LogP) is 1.71. The van der Waals surface area contributed by atoms with E-state index in [1.807, 2.05) is 19.0 Å². The van der Waals surface area contributed by atoms with Crippen LogP contribution < -0.4 is 11.3 Å². The summed E-state index contributed by atoms with van der Waals surface area (Å²) in [4.78, 5) is 14.1. The van der Waals surface area contributed by atoms with E-state index in [0.29, 0.717) is 22.4 Å².